The number of aromatic nitrogens is 1. The van der Waals surface area contributed by atoms with Crippen molar-refractivity contribution in [2.45, 2.75) is 12.5 Å². The van der Waals surface area contributed by atoms with Crippen LogP contribution in [0.2, 0.25) is 0 Å². The van der Waals surface area contributed by atoms with Crippen LogP contribution in [0.15, 0.2) is 249 Å². The zero-order valence-electron chi connectivity index (χ0n) is 45.2. The van der Waals surface area contributed by atoms with Gasteiger partial charge in [-0.2, -0.15) is 0 Å². The standard InChI is InChI=1S/C74H48BF4N3P2/c1-83-60-26-24-59(25-27-60)81-71-32-28-61(84-2)44-66(71)75-65-39-50(46-13-7-4-8-14-46)21-31-70(65)80(58-22-17-47(18-23-58)45-11-5-3-6-12-45)72-40-52(41-73(81)74(72)75)49-20-30-69-64(38-49)62-15-9-10-16-67(62)82(69)68-29-19-48(51-33-54(76)42-55(77)34-51)37-63(68)53-35-56(78)43-57(79)36-53/h3-28,30-44,68H,1-2,29H2. The lowest BCUT2D eigenvalue weighted by Gasteiger charge is -2.44. The fourth-order valence-corrected chi connectivity index (χ4v) is 13.9. The van der Waals surface area contributed by atoms with Gasteiger partial charge in [0.1, 0.15) is 23.3 Å². The topological polar surface area (TPSA) is 11.4 Å². The molecule has 84 heavy (non-hydrogen) atoms. The van der Waals surface area contributed by atoms with Crippen molar-refractivity contribution < 1.29 is 17.6 Å². The van der Waals surface area contributed by atoms with E-state index < -0.39 is 29.3 Å². The second-order valence-electron chi connectivity index (χ2n) is 21.6. The Labute approximate surface area is 488 Å². The van der Waals surface area contributed by atoms with E-state index in [0.29, 0.717) is 28.7 Å². The van der Waals surface area contributed by atoms with E-state index >= 15 is 8.78 Å². The van der Waals surface area contributed by atoms with Gasteiger partial charge in [0.05, 0.1) is 6.04 Å². The van der Waals surface area contributed by atoms with Crippen LogP contribution in [0.1, 0.15) is 23.6 Å². The molecule has 0 saturated carbocycles. The van der Waals surface area contributed by atoms with E-state index in [1.807, 2.05) is 30.4 Å². The van der Waals surface area contributed by atoms with E-state index in [0.717, 1.165) is 128 Å². The van der Waals surface area contributed by atoms with E-state index in [9.17, 15) is 8.78 Å². The number of nitrogens with zero attached hydrogens (tertiary/aromatic N) is 3. The summed E-state index contributed by atoms with van der Waals surface area (Å²) in [6, 6.07) is 78.5. The molecule has 1 unspecified atom stereocenters. The highest BCUT2D eigenvalue weighted by Crippen LogP contribution is 2.49. The Kier molecular flexibility index (Phi) is 12.6. The molecule has 0 N–H and O–H groups in total. The minimum atomic E-state index is -0.720. The van der Waals surface area contributed by atoms with Crippen molar-refractivity contribution >= 4 is 130 Å². The lowest BCUT2D eigenvalue weighted by atomic mass is 9.33. The Bertz CT molecular complexity index is 4710. The number of anilines is 6. The van der Waals surface area contributed by atoms with Crippen LogP contribution in [0.4, 0.5) is 51.7 Å². The Morgan fingerprint density at radius 2 is 0.893 bits per heavy atom. The molecular weight excluding hydrogens is 1080 g/mol. The summed E-state index contributed by atoms with van der Waals surface area (Å²) in [5.74, 6) is -2.86. The zero-order valence-corrected chi connectivity index (χ0v) is 47.0. The largest absolute Gasteiger partial charge is 0.332 e. The SMILES string of the molecule is C=Pc1ccc(N2c3ccc(P=C)cc3B3c4cc(-c5ccccc5)ccc4N(c4ccc(-c5ccccc5)cc4)c4cc(-c5ccc6c(c5)c5ccccc5n6C5CC=C(c6cc(F)cc(F)c6)C=C5c5cc(F)cc(F)c5)cc2c43)cc1. The molecule has 0 bridgehead atoms. The van der Waals surface area contributed by atoms with Crippen molar-refractivity contribution in [2.24, 2.45) is 0 Å². The van der Waals surface area contributed by atoms with Gasteiger partial charge in [0.15, 0.2) is 0 Å². The molecule has 0 fully saturated rings. The van der Waals surface area contributed by atoms with Crippen molar-refractivity contribution in [1.29, 1.82) is 0 Å². The fourth-order valence-electron chi connectivity index (χ4n) is 13.1. The molecule has 3 nitrogen and oxygen atoms in total. The van der Waals surface area contributed by atoms with Crippen LogP contribution in [0.3, 0.4) is 0 Å². The monoisotopic (exact) mass is 1130 g/mol. The van der Waals surface area contributed by atoms with Crippen molar-refractivity contribution in [3.63, 3.8) is 0 Å². The van der Waals surface area contributed by atoms with Gasteiger partial charge in [-0.25, -0.2) is 17.6 Å². The number of hydrogen-bond acceptors (Lipinski definition) is 2. The molecule has 0 spiro atoms. The summed E-state index contributed by atoms with van der Waals surface area (Å²) in [5.41, 5.74) is 20.2. The smallest absolute Gasteiger partial charge is 0.252 e. The first-order valence-corrected chi connectivity index (χ1v) is 30.0. The number of rotatable bonds is 10. The molecule has 0 radical (unpaired) electrons. The first kappa shape index (κ1) is 51.3. The number of hydrogen-bond donors (Lipinski definition) is 0. The lowest BCUT2D eigenvalue weighted by Crippen LogP contribution is -2.61. The van der Waals surface area contributed by atoms with Crippen LogP contribution >= 0.6 is 16.4 Å². The Morgan fingerprint density at radius 1 is 0.393 bits per heavy atom. The maximum absolute atomic E-state index is 15.3. The molecule has 11 aromatic carbocycles. The molecule has 15 rings (SSSR count). The number of para-hydroxylation sites is 1. The third-order valence-corrected chi connectivity index (χ3v) is 18.1. The first-order chi connectivity index (χ1) is 41.2. The maximum Gasteiger partial charge on any atom is 0.252 e. The van der Waals surface area contributed by atoms with Gasteiger partial charge in [-0.05, 0) is 194 Å². The zero-order chi connectivity index (χ0) is 56.7. The molecule has 2 aliphatic heterocycles. The van der Waals surface area contributed by atoms with E-state index in [-0.39, 0.29) is 6.71 Å². The fraction of sp³-hybridized carbons (Fsp3) is 0.0270. The van der Waals surface area contributed by atoms with Crippen LogP contribution < -0.4 is 36.8 Å². The predicted octanol–water partition coefficient (Wildman–Crippen LogP) is 17.6. The van der Waals surface area contributed by atoms with Crippen LogP contribution in [-0.2, 0) is 0 Å². The van der Waals surface area contributed by atoms with Crippen molar-refractivity contribution in [2.75, 3.05) is 9.80 Å². The molecule has 1 atom stereocenters. The van der Waals surface area contributed by atoms with Crippen molar-refractivity contribution in [3.05, 3.63) is 283 Å². The molecule has 400 valence electrons. The summed E-state index contributed by atoms with van der Waals surface area (Å²) >= 11 is 0. The molecular formula is C74H48BF4N3P2. The summed E-state index contributed by atoms with van der Waals surface area (Å²) in [6.07, 6.45) is 12.7. The van der Waals surface area contributed by atoms with Crippen LogP contribution in [-0.4, -0.2) is 23.9 Å². The van der Waals surface area contributed by atoms with E-state index in [4.69, 9.17) is 0 Å². The van der Waals surface area contributed by atoms with Gasteiger partial charge in [0.25, 0.3) is 6.71 Å². The highest BCUT2D eigenvalue weighted by atomic mass is 31.1. The highest BCUT2D eigenvalue weighted by molar-refractivity contribution is 7.45. The van der Waals surface area contributed by atoms with Gasteiger partial charge in [-0.15, -0.1) is 0 Å². The minimum Gasteiger partial charge on any atom is -0.332 e. The Hall–Kier alpha value is -9.58. The highest BCUT2D eigenvalue weighted by Gasteiger charge is 2.44. The van der Waals surface area contributed by atoms with Gasteiger partial charge >= 0.3 is 0 Å². The Balaban J connectivity index is 0.967. The predicted molar refractivity (Wildman–Crippen MR) is 349 cm³/mol. The molecule has 10 heteroatoms. The summed E-state index contributed by atoms with van der Waals surface area (Å²) in [6.45, 7) is -0.160. The van der Waals surface area contributed by atoms with Crippen molar-refractivity contribution in [3.8, 4) is 33.4 Å². The first-order valence-electron chi connectivity index (χ1n) is 27.8. The van der Waals surface area contributed by atoms with E-state index in [1.54, 1.807) is 0 Å². The molecule has 3 aliphatic rings. The molecule has 12 aromatic rings. The minimum absolute atomic E-state index is 0.160. The van der Waals surface area contributed by atoms with E-state index in [1.165, 1.54) is 40.7 Å². The van der Waals surface area contributed by atoms with Crippen molar-refractivity contribution in [1.82, 2.24) is 4.57 Å². The number of halogens is 4. The second kappa shape index (κ2) is 20.7. The quantitative estimate of drug-likeness (QED) is 0.0768. The maximum atomic E-state index is 15.3. The average Bonchev–Trinajstić information content (AvgIpc) is 0.930. The average molecular weight is 1130 g/mol. The van der Waals surface area contributed by atoms with Gasteiger partial charge < -0.3 is 14.4 Å². The molecule has 1 aliphatic carbocycles. The summed E-state index contributed by atoms with van der Waals surface area (Å²) < 4.78 is 62.3. The molecule has 3 heterocycles. The third kappa shape index (κ3) is 8.76. The van der Waals surface area contributed by atoms with Crippen LogP contribution in [0.25, 0.3) is 66.3 Å². The Morgan fingerprint density at radius 3 is 1.54 bits per heavy atom. The van der Waals surface area contributed by atoms with Crippen LogP contribution in [0, 0.1) is 23.3 Å². The van der Waals surface area contributed by atoms with Crippen LogP contribution in [0.5, 0.6) is 0 Å². The summed E-state index contributed by atoms with van der Waals surface area (Å²) in [5, 5.41) is 4.25. The molecule has 1 aromatic heterocycles. The lowest BCUT2D eigenvalue weighted by molar-refractivity contribution is 0.581. The van der Waals surface area contributed by atoms with Gasteiger partial charge in [-0.1, -0.05) is 150 Å². The number of allylic oxidation sites excluding steroid dienone is 4. The van der Waals surface area contributed by atoms with Gasteiger partial charge in [0.2, 0.25) is 0 Å². The van der Waals surface area contributed by atoms with Gasteiger partial charge in [-0.3, -0.25) is 0 Å². The second-order valence-corrected chi connectivity index (χ2v) is 23.3. The summed E-state index contributed by atoms with van der Waals surface area (Å²) in [7, 11) is 1.86. The third-order valence-electron chi connectivity index (χ3n) is 16.8. The van der Waals surface area contributed by atoms with E-state index in [2.05, 4.69) is 209 Å². The van der Waals surface area contributed by atoms with Gasteiger partial charge in [0, 0.05) is 78.7 Å². The molecule has 0 amide bonds. The number of fused-ring (bicyclic) bond motifs is 7. The normalized spacial score (nSPS) is 14.4. The number of benzene rings is 11. The molecule has 0 saturated heterocycles. The summed E-state index contributed by atoms with van der Waals surface area (Å²) in [4.78, 5) is 4.88.